The second-order valence-corrected chi connectivity index (χ2v) is 3.90. The van der Waals surface area contributed by atoms with Gasteiger partial charge in [-0.05, 0) is 31.6 Å². The highest BCUT2D eigenvalue weighted by atomic mass is 16.4. The Kier molecular flexibility index (Phi) is 5.37. The van der Waals surface area contributed by atoms with Crippen molar-refractivity contribution in [3.63, 3.8) is 0 Å². The molecule has 1 aromatic heterocycles. The maximum Gasteiger partial charge on any atom is 0.219 e. The molecule has 86 valence electrons. The van der Waals surface area contributed by atoms with Crippen molar-refractivity contribution in [2.45, 2.75) is 58.8 Å². The van der Waals surface area contributed by atoms with Crippen LogP contribution in [0.15, 0.2) is 10.8 Å². The van der Waals surface area contributed by atoms with Crippen molar-refractivity contribution >= 4 is 0 Å². The van der Waals surface area contributed by atoms with Gasteiger partial charge in [0.1, 0.15) is 0 Å². The normalized spacial score (nSPS) is 25.5. The van der Waals surface area contributed by atoms with Crippen molar-refractivity contribution in [1.82, 2.24) is 10.2 Å². The van der Waals surface area contributed by atoms with Gasteiger partial charge in [-0.15, -0.1) is 10.2 Å². The summed E-state index contributed by atoms with van der Waals surface area (Å²) in [4.78, 5) is 0. The van der Waals surface area contributed by atoms with Crippen LogP contribution in [0.25, 0.3) is 0 Å². The third-order valence-corrected chi connectivity index (χ3v) is 3.15. The van der Waals surface area contributed by atoms with Crippen LogP contribution in [0.5, 0.6) is 0 Å². The molecule has 15 heavy (non-hydrogen) atoms. The molecule has 0 unspecified atom stereocenters. The minimum Gasteiger partial charge on any atom is -0.428 e. The molecule has 0 N–H and O–H groups in total. The van der Waals surface area contributed by atoms with Crippen LogP contribution in [0.1, 0.15) is 64.7 Å². The molecule has 0 bridgehead atoms. The van der Waals surface area contributed by atoms with Gasteiger partial charge in [-0.3, -0.25) is 0 Å². The summed E-state index contributed by atoms with van der Waals surface area (Å²) in [7, 11) is 0. The van der Waals surface area contributed by atoms with Gasteiger partial charge in [-0.1, -0.05) is 27.2 Å². The minimum atomic E-state index is 0.533. The molecule has 0 saturated heterocycles. The molecule has 1 saturated carbocycles. The summed E-state index contributed by atoms with van der Waals surface area (Å²) in [5.74, 6) is 2.30. The average Bonchev–Trinajstić information content (AvgIpc) is 2.85. The Labute approximate surface area is 92.3 Å². The first-order chi connectivity index (χ1) is 7.40. The molecule has 2 rings (SSSR count). The summed E-state index contributed by atoms with van der Waals surface area (Å²) in [5, 5.41) is 7.69. The maximum absolute atomic E-state index is 5.22. The van der Waals surface area contributed by atoms with Gasteiger partial charge >= 0.3 is 0 Å². The quantitative estimate of drug-likeness (QED) is 0.745. The lowest BCUT2D eigenvalue weighted by molar-refractivity contribution is 0.287. The summed E-state index contributed by atoms with van der Waals surface area (Å²) in [6.45, 7) is 6.28. The molecular formula is C12H22N2O. The van der Waals surface area contributed by atoms with Gasteiger partial charge in [-0.2, -0.15) is 0 Å². The van der Waals surface area contributed by atoms with Crippen LogP contribution in [0.3, 0.4) is 0 Å². The van der Waals surface area contributed by atoms with E-state index in [9.17, 15) is 0 Å². The van der Waals surface area contributed by atoms with Gasteiger partial charge in [-0.25, -0.2) is 0 Å². The van der Waals surface area contributed by atoms with E-state index in [1.54, 1.807) is 0 Å². The standard InChI is InChI=1S/C10H16N2O.C2H6/c1-2-8-3-5-9(6-4-8)10-12-11-7-13-10;1-2/h7-9H,2-6H2,1H3;1-2H3. The molecule has 0 aromatic carbocycles. The van der Waals surface area contributed by atoms with Crippen LogP contribution >= 0.6 is 0 Å². The van der Waals surface area contributed by atoms with Crippen molar-refractivity contribution in [3.8, 4) is 0 Å². The smallest absolute Gasteiger partial charge is 0.219 e. The van der Waals surface area contributed by atoms with E-state index in [-0.39, 0.29) is 0 Å². The number of nitrogens with zero attached hydrogens (tertiary/aromatic N) is 2. The molecule has 0 amide bonds. The van der Waals surface area contributed by atoms with Crippen LogP contribution in [0.4, 0.5) is 0 Å². The minimum absolute atomic E-state index is 0.533. The first-order valence-electron chi connectivity index (χ1n) is 6.16. The van der Waals surface area contributed by atoms with Crippen molar-refractivity contribution in [1.29, 1.82) is 0 Å². The summed E-state index contributed by atoms with van der Waals surface area (Å²) in [5.41, 5.74) is 0. The lowest BCUT2D eigenvalue weighted by Gasteiger charge is -2.25. The number of aromatic nitrogens is 2. The zero-order valence-electron chi connectivity index (χ0n) is 10.1. The van der Waals surface area contributed by atoms with Gasteiger partial charge in [0.05, 0.1) is 0 Å². The fourth-order valence-electron chi connectivity index (χ4n) is 2.18. The first kappa shape index (κ1) is 12.2. The molecule has 0 aliphatic heterocycles. The first-order valence-corrected chi connectivity index (χ1v) is 6.16. The van der Waals surface area contributed by atoms with E-state index >= 15 is 0 Å². The Morgan fingerprint density at radius 1 is 1.27 bits per heavy atom. The number of hydrogen-bond acceptors (Lipinski definition) is 3. The van der Waals surface area contributed by atoms with Crippen LogP contribution in [-0.2, 0) is 0 Å². The topological polar surface area (TPSA) is 38.9 Å². The largest absolute Gasteiger partial charge is 0.428 e. The fourth-order valence-corrected chi connectivity index (χ4v) is 2.18. The van der Waals surface area contributed by atoms with Crippen LogP contribution in [0.2, 0.25) is 0 Å². The van der Waals surface area contributed by atoms with E-state index < -0.39 is 0 Å². The second kappa shape index (κ2) is 6.59. The number of hydrogen-bond donors (Lipinski definition) is 0. The Hall–Kier alpha value is -0.860. The molecule has 0 atom stereocenters. The zero-order valence-corrected chi connectivity index (χ0v) is 10.1. The average molecular weight is 210 g/mol. The predicted molar refractivity (Wildman–Crippen MR) is 60.6 cm³/mol. The van der Waals surface area contributed by atoms with Crippen LogP contribution < -0.4 is 0 Å². The van der Waals surface area contributed by atoms with Crippen molar-refractivity contribution in [2.75, 3.05) is 0 Å². The Bertz CT molecular complexity index is 238. The predicted octanol–water partition coefficient (Wildman–Crippen LogP) is 3.78. The van der Waals surface area contributed by atoms with Crippen molar-refractivity contribution in [3.05, 3.63) is 12.3 Å². The molecular weight excluding hydrogens is 188 g/mol. The van der Waals surface area contributed by atoms with E-state index in [1.807, 2.05) is 13.8 Å². The molecule has 3 nitrogen and oxygen atoms in total. The highest BCUT2D eigenvalue weighted by Gasteiger charge is 2.24. The summed E-state index contributed by atoms with van der Waals surface area (Å²) in [6.07, 6.45) is 7.84. The second-order valence-electron chi connectivity index (χ2n) is 3.90. The van der Waals surface area contributed by atoms with Gasteiger partial charge in [0, 0.05) is 5.92 Å². The molecule has 1 heterocycles. The molecule has 3 heteroatoms. The monoisotopic (exact) mass is 210 g/mol. The molecule has 1 aliphatic carbocycles. The van der Waals surface area contributed by atoms with Crippen molar-refractivity contribution in [2.24, 2.45) is 5.92 Å². The van der Waals surface area contributed by atoms with Gasteiger partial charge in [0.2, 0.25) is 12.3 Å². The van der Waals surface area contributed by atoms with Gasteiger partial charge in [0.15, 0.2) is 0 Å². The van der Waals surface area contributed by atoms with Crippen LogP contribution in [-0.4, -0.2) is 10.2 Å². The summed E-state index contributed by atoms with van der Waals surface area (Å²) >= 11 is 0. The summed E-state index contributed by atoms with van der Waals surface area (Å²) < 4.78 is 5.22. The lowest BCUT2D eigenvalue weighted by atomic mass is 9.81. The van der Waals surface area contributed by atoms with E-state index in [4.69, 9.17) is 4.42 Å². The zero-order chi connectivity index (χ0) is 11.1. The SMILES string of the molecule is CC.CCC1CCC(c2nnco2)CC1. The Morgan fingerprint density at radius 3 is 2.40 bits per heavy atom. The van der Waals surface area contributed by atoms with Crippen molar-refractivity contribution < 1.29 is 4.42 Å². The maximum atomic E-state index is 5.22. The lowest BCUT2D eigenvalue weighted by Crippen LogP contribution is -2.12. The summed E-state index contributed by atoms with van der Waals surface area (Å²) in [6, 6.07) is 0. The fraction of sp³-hybridized carbons (Fsp3) is 0.833. The van der Waals surface area contributed by atoms with Crippen LogP contribution in [0, 0.1) is 5.92 Å². The van der Waals surface area contributed by atoms with E-state index in [1.165, 1.54) is 38.5 Å². The highest BCUT2D eigenvalue weighted by molar-refractivity contribution is 4.91. The van der Waals surface area contributed by atoms with Gasteiger partial charge in [0.25, 0.3) is 0 Å². The molecule has 0 spiro atoms. The van der Waals surface area contributed by atoms with Gasteiger partial charge < -0.3 is 4.42 Å². The third-order valence-electron chi connectivity index (χ3n) is 3.15. The van der Waals surface area contributed by atoms with E-state index in [0.717, 1.165) is 11.8 Å². The highest BCUT2D eigenvalue weighted by Crippen LogP contribution is 2.35. The molecule has 1 fully saturated rings. The Morgan fingerprint density at radius 2 is 1.93 bits per heavy atom. The van der Waals surface area contributed by atoms with E-state index in [2.05, 4.69) is 17.1 Å². The third kappa shape index (κ3) is 3.33. The molecule has 1 aliphatic rings. The van der Waals surface area contributed by atoms with E-state index in [0.29, 0.717) is 5.92 Å². The molecule has 1 aromatic rings. The number of rotatable bonds is 2. The Balaban J connectivity index is 0.000000531. The molecule has 0 radical (unpaired) electrons.